The molecule has 1 unspecified atom stereocenters. The van der Waals surface area contributed by atoms with E-state index in [1.54, 1.807) is 0 Å². The zero-order valence-corrected chi connectivity index (χ0v) is 21.0. The fourth-order valence-electron chi connectivity index (χ4n) is 2.44. The predicted molar refractivity (Wildman–Crippen MR) is 122 cm³/mol. The normalized spacial score (nSPS) is 14.0. The lowest BCUT2D eigenvalue weighted by Crippen LogP contribution is -2.40. The molecule has 0 bridgehead atoms. The summed E-state index contributed by atoms with van der Waals surface area (Å²) in [7, 11) is -2.81. The number of aliphatic hydroxyl groups excluding tert-OH is 1. The van der Waals surface area contributed by atoms with Crippen LogP contribution < -0.4 is 0 Å². The summed E-state index contributed by atoms with van der Waals surface area (Å²) >= 11 is 0. The Hall–Kier alpha value is -0.0862. The molecule has 0 spiro atoms. The van der Waals surface area contributed by atoms with Crippen molar-refractivity contribution in [1.29, 1.82) is 0 Å². The van der Waals surface area contributed by atoms with E-state index in [1.165, 1.54) is 32.1 Å². The average molecular weight is 399 g/mol. The Morgan fingerprint density at radius 1 is 0.846 bits per heavy atom. The molecule has 0 saturated heterocycles. The Labute approximate surface area is 166 Å². The van der Waals surface area contributed by atoms with Crippen molar-refractivity contribution in [3.05, 3.63) is 0 Å². The number of unbranched alkanes of at least 4 members (excludes halogenated alkanes) is 5. The Balaban J connectivity index is 3.55. The lowest BCUT2D eigenvalue weighted by Gasteiger charge is -2.36. The van der Waals surface area contributed by atoms with Crippen LogP contribution in [-0.2, 0) is 4.43 Å². The van der Waals surface area contributed by atoms with E-state index >= 15 is 0 Å². The minimum atomic E-state index is -1.56. The van der Waals surface area contributed by atoms with E-state index in [0.717, 1.165) is 32.3 Å². The summed E-state index contributed by atoms with van der Waals surface area (Å²) in [5.74, 6) is 3.25. The zero-order chi connectivity index (χ0) is 20.3. The average Bonchev–Trinajstić information content (AvgIpc) is 2.47. The second kappa shape index (κ2) is 12.4. The maximum atomic E-state index is 10.0. The summed E-state index contributed by atoms with van der Waals surface area (Å²) in [4.78, 5) is 0. The smallest absolute Gasteiger partial charge is 0.191 e. The van der Waals surface area contributed by atoms with Crippen molar-refractivity contribution < 1.29 is 9.53 Å². The number of rotatable bonds is 12. The Bertz CT molecular complexity index is 422. The zero-order valence-electron chi connectivity index (χ0n) is 19.0. The van der Waals surface area contributed by atoms with Crippen molar-refractivity contribution in [2.45, 2.75) is 122 Å². The van der Waals surface area contributed by atoms with E-state index in [2.05, 4.69) is 65.0 Å². The van der Waals surface area contributed by atoms with Crippen molar-refractivity contribution in [3.63, 3.8) is 0 Å². The van der Waals surface area contributed by atoms with Crippen LogP contribution in [0.4, 0.5) is 0 Å². The van der Waals surface area contributed by atoms with Crippen LogP contribution >= 0.6 is 0 Å². The highest BCUT2D eigenvalue weighted by atomic mass is 28.4. The molecule has 0 saturated carbocycles. The van der Waals surface area contributed by atoms with Crippen LogP contribution in [0.25, 0.3) is 0 Å². The summed E-state index contributed by atoms with van der Waals surface area (Å²) in [5.41, 5.74) is 3.37. The van der Waals surface area contributed by atoms with E-state index in [-0.39, 0.29) is 6.10 Å². The highest BCUT2D eigenvalue weighted by Crippen LogP contribution is 2.36. The molecule has 0 heterocycles. The van der Waals surface area contributed by atoms with E-state index < -0.39 is 16.4 Å². The summed E-state index contributed by atoms with van der Waals surface area (Å²) < 4.78 is 6.22. The molecule has 0 amide bonds. The summed E-state index contributed by atoms with van der Waals surface area (Å²) in [6.45, 7) is 19.3. The van der Waals surface area contributed by atoms with E-state index in [4.69, 9.17) is 4.43 Å². The van der Waals surface area contributed by atoms with Crippen molar-refractivity contribution in [2.75, 3.05) is 6.61 Å². The van der Waals surface area contributed by atoms with Crippen molar-refractivity contribution in [2.24, 2.45) is 0 Å². The second-order valence-corrected chi connectivity index (χ2v) is 19.8. The van der Waals surface area contributed by atoms with Gasteiger partial charge in [-0.25, -0.2) is 0 Å². The van der Waals surface area contributed by atoms with Crippen LogP contribution in [-0.4, -0.2) is 34.2 Å². The van der Waals surface area contributed by atoms with Gasteiger partial charge in [0, 0.05) is 13.0 Å². The van der Waals surface area contributed by atoms with E-state index in [9.17, 15) is 5.11 Å². The quantitative estimate of drug-likeness (QED) is 0.223. The van der Waals surface area contributed by atoms with Gasteiger partial charge in [-0.05, 0) is 37.4 Å². The lowest BCUT2D eigenvalue weighted by molar-refractivity contribution is 0.152. The molecule has 1 atom stereocenters. The predicted octanol–water partition coefficient (Wildman–Crippen LogP) is 6.76. The third-order valence-electron chi connectivity index (χ3n) is 5.27. The molecule has 0 fully saturated rings. The summed E-state index contributed by atoms with van der Waals surface area (Å²) in [6, 6.07) is 0. The molecular weight excluding hydrogens is 352 g/mol. The molecule has 0 aliphatic carbocycles. The van der Waals surface area contributed by atoms with Gasteiger partial charge in [0.2, 0.25) is 0 Å². The fraction of sp³-hybridized carbons (Fsp3) is 0.909. The van der Waals surface area contributed by atoms with E-state index in [1.807, 2.05) is 0 Å². The Kier molecular flexibility index (Phi) is 12.3. The molecule has 0 aliphatic rings. The molecule has 0 aromatic rings. The van der Waals surface area contributed by atoms with Gasteiger partial charge in [-0.15, -0.1) is 11.5 Å². The molecule has 1 N–H and O–H groups in total. The third-order valence-corrected chi connectivity index (χ3v) is 10.7. The van der Waals surface area contributed by atoms with Crippen molar-refractivity contribution in [1.82, 2.24) is 0 Å². The molecule has 2 nitrogen and oxygen atoms in total. The van der Waals surface area contributed by atoms with Crippen LogP contribution in [0, 0.1) is 11.5 Å². The van der Waals surface area contributed by atoms with Crippen LogP contribution in [0.2, 0.25) is 37.8 Å². The van der Waals surface area contributed by atoms with Gasteiger partial charge in [0.1, 0.15) is 8.07 Å². The van der Waals surface area contributed by atoms with Gasteiger partial charge in [-0.1, -0.05) is 72.5 Å². The Morgan fingerprint density at radius 3 is 1.92 bits per heavy atom. The van der Waals surface area contributed by atoms with Crippen LogP contribution in [0.15, 0.2) is 0 Å². The molecule has 0 aliphatic heterocycles. The minimum absolute atomic E-state index is 0.163. The van der Waals surface area contributed by atoms with Gasteiger partial charge in [-0.2, -0.15) is 0 Å². The summed E-state index contributed by atoms with van der Waals surface area (Å²) in [6.07, 6.45) is 9.85. The molecular formula is C22H46O2Si2. The minimum Gasteiger partial charge on any atom is -0.417 e. The topological polar surface area (TPSA) is 29.5 Å². The second-order valence-electron chi connectivity index (χ2n) is 10.3. The first-order valence-electron chi connectivity index (χ1n) is 10.7. The highest BCUT2D eigenvalue weighted by Gasteiger charge is 2.36. The maximum Gasteiger partial charge on any atom is 0.191 e. The van der Waals surface area contributed by atoms with Crippen molar-refractivity contribution >= 4 is 16.4 Å². The molecule has 0 rings (SSSR count). The Morgan fingerprint density at radius 2 is 1.38 bits per heavy atom. The number of aliphatic hydroxyl groups is 1. The maximum absolute atomic E-state index is 10.0. The van der Waals surface area contributed by atoms with E-state index in [0.29, 0.717) is 5.04 Å². The number of hydrogen-bond donors (Lipinski definition) is 1. The first kappa shape index (κ1) is 25.9. The standard InChI is InChI=1S/C22H46O2Si2/c1-22(2,3)26(7,8)24-19-15-12-10-9-11-13-17-21(23)18-14-16-20-25(4,5)6/h21,23H,9-15,17-19H2,1-8H3. The molecule has 0 aromatic heterocycles. The third kappa shape index (κ3) is 14.0. The first-order valence-corrected chi connectivity index (χ1v) is 17.1. The van der Waals surface area contributed by atoms with Gasteiger partial charge in [0.25, 0.3) is 0 Å². The van der Waals surface area contributed by atoms with Gasteiger partial charge in [-0.3, -0.25) is 0 Å². The molecule has 4 heteroatoms. The van der Waals surface area contributed by atoms with Crippen LogP contribution in [0.3, 0.4) is 0 Å². The monoisotopic (exact) mass is 398 g/mol. The van der Waals surface area contributed by atoms with Gasteiger partial charge in [0.15, 0.2) is 8.32 Å². The molecule has 154 valence electrons. The van der Waals surface area contributed by atoms with Gasteiger partial charge < -0.3 is 9.53 Å². The molecule has 0 aromatic carbocycles. The van der Waals surface area contributed by atoms with Crippen LogP contribution in [0.5, 0.6) is 0 Å². The van der Waals surface area contributed by atoms with Crippen molar-refractivity contribution in [3.8, 4) is 11.5 Å². The largest absolute Gasteiger partial charge is 0.417 e. The highest BCUT2D eigenvalue weighted by molar-refractivity contribution is 6.83. The van der Waals surface area contributed by atoms with Crippen LogP contribution in [0.1, 0.15) is 78.6 Å². The van der Waals surface area contributed by atoms with Gasteiger partial charge >= 0.3 is 0 Å². The molecule has 0 radical (unpaired) electrons. The summed E-state index contributed by atoms with van der Waals surface area (Å²) in [5, 5.41) is 10.3. The van der Waals surface area contributed by atoms with Gasteiger partial charge in [0.05, 0.1) is 6.10 Å². The number of hydrogen-bond acceptors (Lipinski definition) is 2. The molecule has 26 heavy (non-hydrogen) atoms. The fourth-order valence-corrected chi connectivity index (χ4v) is 4.19. The first-order chi connectivity index (χ1) is 11.9. The lowest BCUT2D eigenvalue weighted by atomic mass is 10.0. The SMILES string of the molecule is CC(C)(C)[Si](C)(C)OCCCCCCCCC(O)CCC#C[Si](C)(C)C.